The van der Waals surface area contributed by atoms with Crippen LogP contribution in [0.2, 0.25) is 0 Å². The van der Waals surface area contributed by atoms with E-state index < -0.39 is 31.3 Å². The molecule has 0 saturated heterocycles. The fraction of sp³-hybridized carbons (Fsp3) is 0. The predicted molar refractivity (Wildman–Crippen MR) is 74.7 cm³/mol. The molecule has 0 unspecified atom stereocenters. The van der Waals surface area contributed by atoms with Crippen molar-refractivity contribution in [1.29, 1.82) is 0 Å². The highest BCUT2D eigenvalue weighted by Gasteiger charge is 2.26. The first-order chi connectivity index (χ1) is 9.79. The fourth-order valence-corrected chi connectivity index (χ4v) is 2.83. The zero-order valence-corrected chi connectivity index (χ0v) is 11.3. The van der Waals surface area contributed by atoms with Gasteiger partial charge in [0.2, 0.25) is 0 Å². The molecule has 0 bridgehead atoms. The van der Waals surface area contributed by atoms with Crippen LogP contribution in [0.1, 0.15) is 0 Å². The molecule has 110 valence electrons. The molecule has 0 heterocycles. The first kappa shape index (κ1) is 14.7. The van der Waals surface area contributed by atoms with Gasteiger partial charge in [-0.05, 0) is 36.4 Å². The number of halogens is 1. The van der Waals surface area contributed by atoms with Crippen LogP contribution in [0.4, 0.5) is 21.5 Å². The van der Waals surface area contributed by atoms with Gasteiger partial charge in [0.25, 0.3) is 15.7 Å². The topological polar surface area (TPSA) is 115 Å². The minimum absolute atomic E-state index is 0.183. The fourth-order valence-electron chi connectivity index (χ4n) is 1.62. The lowest BCUT2D eigenvalue weighted by Gasteiger charge is -2.08. The molecule has 0 atom stereocenters. The predicted octanol–water partition coefficient (Wildman–Crippen LogP) is 2.12. The smallest absolute Gasteiger partial charge is 0.292 e. The van der Waals surface area contributed by atoms with Gasteiger partial charge in [-0.15, -0.1) is 0 Å². The van der Waals surface area contributed by atoms with E-state index in [1.54, 1.807) is 0 Å². The molecule has 0 fully saturated rings. The lowest BCUT2D eigenvalue weighted by Crippen LogP contribution is -2.15. The lowest BCUT2D eigenvalue weighted by atomic mass is 10.3. The SMILES string of the molecule is Nc1ccc(NS(=O)(=O)c2ccc(F)cc2[N+](=O)[O-])cc1. The maximum atomic E-state index is 13.0. The van der Waals surface area contributed by atoms with E-state index in [4.69, 9.17) is 5.73 Å². The third-order valence-electron chi connectivity index (χ3n) is 2.57. The van der Waals surface area contributed by atoms with Gasteiger partial charge in [-0.3, -0.25) is 14.8 Å². The van der Waals surface area contributed by atoms with Crippen LogP contribution < -0.4 is 10.5 Å². The molecule has 21 heavy (non-hydrogen) atoms. The molecule has 0 spiro atoms. The van der Waals surface area contributed by atoms with Gasteiger partial charge in [-0.25, -0.2) is 12.8 Å². The highest BCUT2D eigenvalue weighted by atomic mass is 32.2. The quantitative estimate of drug-likeness (QED) is 0.510. The maximum absolute atomic E-state index is 13.0. The molecule has 2 aromatic carbocycles. The Morgan fingerprint density at radius 2 is 1.76 bits per heavy atom. The molecular formula is C12H10FN3O4S. The van der Waals surface area contributed by atoms with Crippen LogP contribution in [-0.2, 0) is 10.0 Å². The number of nitrogen functional groups attached to an aromatic ring is 1. The monoisotopic (exact) mass is 311 g/mol. The van der Waals surface area contributed by atoms with Crippen LogP contribution in [0.25, 0.3) is 0 Å². The molecule has 2 rings (SSSR count). The molecule has 0 aliphatic rings. The van der Waals surface area contributed by atoms with Gasteiger partial charge in [0.1, 0.15) is 5.82 Å². The molecule has 0 saturated carbocycles. The van der Waals surface area contributed by atoms with Crippen molar-refractivity contribution in [2.45, 2.75) is 4.90 Å². The first-order valence-corrected chi connectivity index (χ1v) is 7.10. The summed E-state index contributed by atoms with van der Waals surface area (Å²) >= 11 is 0. The molecule has 7 nitrogen and oxygen atoms in total. The normalized spacial score (nSPS) is 11.1. The van der Waals surface area contributed by atoms with E-state index in [0.29, 0.717) is 11.8 Å². The van der Waals surface area contributed by atoms with Crippen molar-refractivity contribution in [2.75, 3.05) is 10.5 Å². The van der Waals surface area contributed by atoms with Crippen molar-refractivity contribution >= 4 is 27.1 Å². The van der Waals surface area contributed by atoms with Crippen molar-refractivity contribution in [2.24, 2.45) is 0 Å². The van der Waals surface area contributed by atoms with Gasteiger partial charge in [-0.2, -0.15) is 0 Å². The van der Waals surface area contributed by atoms with Crippen LogP contribution >= 0.6 is 0 Å². The number of nitrogens with two attached hydrogens (primary N) is 1. The number of hydrogen-bond acceptors (Lipinski definition) is 5. The molecular weight excluding hydrogens is 301 g/mol. The van der Waals surface area contributed by atoms with Crippen LogP contribution in [0, 0.1) is 15.9 Å². The summed E-state index contributed by atoms with van der Waals surface area (Å²) in [4.78, 5) is 9.27. The summed E-state index contributed by atoms with van der Waals surface area (Å²) in [6, 6.07) is 7.98. The molecule has 9 heteroatoms. The number of hydrogen-bond donors (Lipinski definition) is 2. The van der Waals surface area contributed by atoms with Crippen LogP contribution in [0.3, 0.4) is 0 Å². The van der Waals surface area contributed by atoms with Crippen molar-refractivity contribution in [3.05, 3.63) is 58.4 Å². The molecule has 0 aromatic heterocycles. The third kappa shape index (κ3) is 3.26. The van der Waals surface area contributed by atoms with Crippen LogP contribution in [-0.4, -0.2) is 13.3 Å². The van der Waals surface area contributed by atoms with Crippen LogP contribution in [0.5, 0.6) is 0 Å². The van der Waals surface area contributed by atoms with E-state index in [1.807, 2.05) is 0 Å². The van der Waals surface area contributed by atoms with Crippen LogP contribution in [0.15, 0.2) is 47.4 Å². The van der Waals surface area contributed by atoms with E-state index in [1.165, 1.54) is 24.3 Å². The van der Waals surface area contributed by atoms with E-state index in [-0.39, 0.29) is 5.69 Å². The maximum Gasteiger partial charge on any atom is 0.292 e. The Bertz CT molecular complexity index is 791. The Kier molecular flexibility index (Phi) is 3.76. The summed E-state index contributed by atoms with van der Waals surface area (Å²) in [5.74, 6) is -0.895. The Morgan fingerprint density at radius 3 is 2.33 bits per heavy atom. The van der Waals surface area contributed by atoms with Gasteiger partial charge < -0.3 is 5.73 Å². The molecule has 2 aromatic rings. The van der Waals surface area contributed by atoms with Gasteiger partial charge in [-0.1, -0.05) is 0 Å². The minimum atomic E-state index is -4.22. The number of rotatable bonds is 4. The van der Waals surface area contributed by atoms with Gasteiger partial charge in [0.15, 0.2) is 4.90 Å². The average molecular weight is 311 g/mol. The number of nitro benzene ring substituents is 1. The Balaban J connectivity index is 2.44. The highest BCUT2D eigenvalue weighted by molar-refractivity contribution is 7.92. The molecule has 0 aliphatic heterocycles. The summed E-state index contributed by atoms with van der Waals surface area (Å²) in [5, 5.41) is 10.8. The average Bonchev–Trinajstić information content (AvgIpc) is 2.40. The second kappa shape index (κ2) is 5.37. The summed E-state index contributed by atoms with van der Waals surface area (Å²) < 4.78 is 39.5. The lowest BCUT2D eigenvalue weighted by molar-refractivity contribution is -0.388. The number of nitrogens with zero attached hydrogens (tertiary/aromatic N) is 1. The number of anilines is 2. The van der Waals surface area contributed by atoms with Gasteiger partial charge >= 0.3 is 0 Å². The Morgan fingerprint density at radius 1 is 1.14 bits per heavy atom. The molecule has 0 radical (unpaired) electrons. The Hall–Kier alpha value is -2.68. The summed E-state index contributed by atoms with van der Waals surface area (Å²) in [5.41, 5.74) is 5.26. The summed E-state index contributed by atoms with van der Waals surface area (Å²) in [6.07, 6.45) is 0. The summed E-state index contributed by atoms with van der Waals surface area (Å²) in [6.45, 7) is 0. The molecule has 0 aliphatic carbocycles. The second-order valence-corrected chi connectivity index (χ2v) is 5.75. The van der Waals surface area contributed by atoms with Crippen molar-refractivity contribution in [3.63, 3.8) is 0 Å². The van der Waals surface area contributed by atoms with Gasteiger partial charge in [0.05, 0.1) is 11.0 Å². The van der Waals surface area contributed by atoms with E-state index in [9.17, 15) is 22.9 Å². The first-order valence-electron chi connectivity index (χ1n) is 5.62. The molecule has 3 N–H and O–H groups in total. The number of benzene rings is 2. The zero-order valence-electron chi connectivity index (χ0n) is 10.5. The number of nitro groups is 1. The highest BCUT2D eigenvalue weighted by Crippen LogP contribution is 2.26. The van der Waals surface area contributed by atoms with Crippen molar-refractivity contribution < 1.29 is 17.7 Å². The minimum Gasteiger partial charge on any atom is -0.399 e. The number of sulfonamides is 1. The number of nitrogens with one attached hydrogen (secondary N) is 1. The van der Waals surface area contributed by atoms with E-state index in [0.717, 1.165) is 12.1 Å². The zero-order chi connectivity index (χ0) is 15.6. The van der Waals surface area contributed by atoms with Crippen molar-refractivity contribution in [1.82, 2.24) is 0 Å². The second-order valence-electron chi connectivity index (χ2n) is 4.10. The standard InChI is InChI=1S/C12H10FN3O4S/c13-8-1-6-12(11(7-8)16(17)18)21(19,20)15-10-4-2-9(14)3-5-10/h1-7,15H,14H2. The molecule has 0 amide bonds. The third-order valence-corrected chi connectivity index (χ3v) is 4.00. The van der Waals surface area contributed by atoms with Gasteiger partial charge in [0, 0.05) is 11.4 Å². The summed E-state index contributed by atoms with van der Waals surface area (Å²) in [7, 11) is -4.22. The van der Waals surface area contributed by atoms with E-state index in [2.05, 4.69) is 4.72 Å². The van der Waals surface area contributed by atoms with E-state index >= 15 is 0 Å². The Labute approximate surface area is 119 Å². The van der Waals surface area contributed by atoms with Crippen molar-refractivity contribution in [3.8, 4) is 0 Å². The largest absolute Gasteiger partial charge is 0.399 e.